The second-order valence-corrected chi connectivity index (χ2v) is 2.83. The van der Waals surface area contributed by atoms with Crippen molar-refractivity contribution in [3.05, 3.63) is 12.2 Å². The molecule has 3 nitrogen and oxygen atoms in total. The highest BCUT2D eigenvalue weighted by Crippen LogP contribution is 2.02. The van der Waals surface area contributed by atoms with Crippen LogP contribution in [-0.2, 0) is 10.3 Å². The molecular formula is C6H10O3S. The van der Waals surface area contributed by atoms with Gasteiger partial charge in [-0.15, -0.1) is 0 Å². The van der Waals surface area contributed by atoms with Gasteiger partial charge in [0.05, 0.1) is 6.61 Å². The molecule has 0 aromatic carbocycles. The maximum atomic E-state index is 10.1. The van der Waals surface area contributed by atoms with E-state index < -0.39 is 16.2 Å². The van der Waals surface area contributed by atoms with Gasteiger partial charge in [0.2, 0.25) is 10.3 Å². The number of aliphatic hydroxyl groups is 1. The topological polar surface area (TPSA) is 54.4 Å². The van der Waals surface area contributed by atoms with Gasteiger partial charge in [0.1, 0.15) is 0 Å². The van der Waals surface area contributed by atoms with Crippen LogP contribution in [0.15, 0.2) is 12.2 Å². The van der Waals surface area contributed by atoms with Crippen molar-refractivity contribution in [3.8, 4) is 0 Å². The molecule has 4 heteroatoms. The average molecular weight is 162 g/mol. The third kappa shape index (κ3) is 3.42. The highest BCUT2D eigenvalue weighted by atomic mass is 32.2. The van der Waals surface area contributed by atoms with E-state index >= 15 is 0 Å². The quantitative estimate of drug-likeness (QED) is 0.464. The molecule has 0 aliphatic heterocycles. The fourth-order valence-electron chi connectivity index (χ4n) is 0.449. The van der Waals surface area contributed by atoms with Crippen LogP contribution in [0.4, 0.5) is 0 Å². The minimum Gasteiger partial charge on any atom is -0.395 e. The molecule has 0 aliphatic rings. The SMILES string of the molecule is C=C(C)[C@H](C=S(=O)=O)CO. The Morgan fingerprint density at radius 2 is 2.30 bits per heavy atom. The molecule has 0 fully saturated rings. The van der Waals surface area contributed by atoms with E-state index in [9.17, 15) is 8.42 Å². The van der Waals surface area contributed by atoms with Crippen molar-refractivity contribution in [2.24, 2.45) is 5.92 Å². The van der Waals surface area contributed by atoms with Crippen molar-refractivity contribution in [3.63, 3.8) is 0 Å². The van der Waals surface area contributed by atoms with E-state index in [2.05, 4.69) is 6.58 Å². The zero-order valence-corrected chi connectivity index (χ0v) is 6.56. The minimum atomic E-state index is -2.21. The Morgan fingerprint density at radius 3 is 2.40 bits per heavy atom. The van der Waals surface area contributed by atoms with Crippen LogP contribution in [-0.4, -0.2) is 25.5 Å². The Kier molecular flexibility index (Phi) is 3.99. The first-order valence-corrected chi connectivity index (χ1v) is 3.91. The first-order valence-electron chi connectivity index (χ1n) is 2.77. The molecule has 1 atom stereocenters. The average Bonchev–Trinajstić information content (AvgIpc) is 1.81. The lowest BCUT2D eigenvalue weighted by Crippen LogP contribution is -2.08. The van der Waals surface area contributed by atoms with Gasteiger partial charge in [-0.2, -0.15) is 8.42 Å². The van der Waals surface area contributed by atoms with E-state index in [1.165, 1.54) is 0 Å². The summed E-state index contributed by atoms with van der Waals surface area (Å²) < 4.78 is 20.1. The number of rotatable bonds is 3. The molecule has 58 valence electrons. The summed E-state index contributed by atoms with van der Waals surface area (Å²) in [6, 6.07) is 0. The van der Waals surface area contributed by atoms with E-state index in [4.69, 9.17) is 5.11 Å². The van der Waals surface area contributed by atoms with Crippen LogP contribution in [0.1, 0.15) is 6.92 Å². The standard InChI is InChI=1S/C6H10O3S/c1-5(2)6(3-7)4-10(8)9/h4,6-7H,1,3H2,2H3/t6-/m0/s1. The number of hydrogen-bond acceptors (Lipinski definition) is 3. The van der Waals surface area contributed by atoms with Gasteiger partial charge in [0.15, 0.2) is 0 Å². The Morgan fingerprint density at radius 1 is 1.80 bits per heavy atom. The fourth-order valence-corrected chi connectivity index (χ4v) is 1.04. The molecule has 10 heavy (non-hydrogen) atoms. The molecule has 0 saturated carbocycles. The molecule has 1 N–H and O–H groups in total. The smallest absolute Gasteiger partial charge is 0.210 e. The largest absolute Gasteiger partial charge is 0.395 e. The van der Waals surface area contributed by atoms with Gasteiger partial charge in [-0.25, -0.2) is 0 Å². The maximum absolute atomic E-state index is 10.1. The maximum Gasteiger partial charge on any atom is 0.210 e. The van der Waals surface area contributed by atoms with Crippen molar-refractivity contribution in [2.75, 3.05) is 6.61 Å². The highest BCUT2D eigenvalue weighted by Gasteiger charge is 2.03. The Bertz CT molecular complexity index is 230. The molecular weight excluding hydrogens is 152 g/mol. The van der Waals surface area contributed by atoms with Gasteiger partial charge in [-0.1, -0.05) is 12.2 Å². The van der Waals surface area contributed by atoms with Crippen LogP contribution in [0.5, 0.6) is 0 Å². The molecule has 0 unspecified atom stereocenters. The van der Waals surface area contributed by atoms with Crippen LogP contribution >= 0.6 is 0 Å². The Balaban J connectivity index is 4.39. The number of hydrogen-bond donors (Lipinski definition) is 1. The summed E-state index contributed by atoms with van der Waals surface area (Å²) >= 11 is 0. The minimum absolute atomic E-state index is 0.205. The Hall–Kier alpha value is -0.610. The van der Waals surface area contributed by atoms with Gasteiger partial charge in [-0.05, 0) is 6.92 Å². The molecule has 0 amide bonds. The van der Waals surface area contributed by atoms with Gasteiger partial charge in [0.25, 0.3) is 0 Å². The summed E-state index contributed by atoms with van der Waals surface area (Å²) in [6.07, 6.45) is 0. The zero-order chi connectivity index (χ0) is 8.15. The van der Waals surface area contributed by atoms with Gasteiger partial charge in [-0.3, -0.25) is 0 Å². The van der Waals surface area contributed by atoms with E-state index in [1.54, 1.807) is 6.92 Å². The van der Waals surface area contributed by atoms with Crippen LogP contribution in [0, 0.1) is 5.92 Å². The Labute approximate surface area is 61.5 Å². The van der Waals surface area contributed by atoms with Crippen LogP contribution in [0.2, 0.25) is 0 Å². The first-order chi connectivity index (χ1) is 4.57. The van der Waals surface area contributed by atoms with Crippen LogP contribution in [0.3, 0.4) is 0 Å². The molecule has 0 spiro atoms. The van der Waals surface area contributed by atoms with Crippen molar-refractivity contribution in [2.45, 2.75) is 6.92 Å². The normalized spacial score (nSPS) is 12.2. The second kappa shape index (κ2) is 4.24. The van der Waals surface area contributed by atoms with Gasteiger partial charge in [0, 0.05) is 11.3 Å². The lowest BCUT2D eigenvalue weighted by Gasteiger charge is -2.03. The van der Waals surface area contributed by atoms with Crippen molar-refractivity contribution in [1.29, 1.82) is 0 Å². The van der Waals surface area contributed by atoms with Crippen molar-refractivity contribution >= 4 is 15.7 Å². The molecule has 0 radical (unpaired) electrons. The van der Waals surface area contributed by atoms with Crippen molar-refractivity contribution < 1.29 is 13.5 Å². The molecule has 0 bridgehead atoms. The summed E-state index contributed by atoms with van der Waals surface area (Å²) in [4.78, 5) is 0. The predicted molar refractivity (Wildman–Crippen MR) is 40.4 cm³/mol. The predicted octanol–water partition coefficient (Wildman–Crippen LogP) is -0.148. The van der Waals surface area contributed by atoms with E-state index in [-0.39, 0.29) is 6.61 Å². The van der Waals surface area contributed by atoms with Crippen LogP contribution < -0.4 is 0 Å². The summed E-state index contributed by atoms with van der Waals surface area (Å²) in [7, 11) is -2.21. The molecule has 0 heterocycles. The molecule has 0 aliphatic carbocycles. The lowest BCUT2D eigenvalue weighted by molar-refractivity contribution is 0.279. The first kappa shape index (κ1) is 9.39. The summed E-state index contributed by atoms with van der Waals surface area (Å²) in [6.45, 7) is 4.98. The summed E-state index contributed by atoms with van der Waals surface area (Å²) in [5, 5.41) is 9.61. The van der Waals surface area contributed by atoms with E-state index in [1.807, 2.05) is 0 Å². The summed E-state index contributed by atoms with van der Waals surface area (Å²) in [5.74, 6) is -0.432. The van der Waals surface area contributed by atoms with Gasteiger partial charge < -0.3 is 5.11 Å². The van der Waals surface area contributed by atoms with E-state index in [0.717, 1.165) is 5.37 Å². The molecule has 0 aromatic heterocycles. The lowest BCUT2D eigenvalue weighted by atomic mass is 10.1. The van der Waals surface area contributed by atoms with E-state index in [0.29, 0.717) is 5.57 Å². The fraction of sp³-hybridized carbons (Fsp3) is 0.500. The van der Waals surface area contributed by atoms with Crippen LogP contribution in [0.25, 0.3) is 0 Å². The molecule has 0 aromatic rings. The third-order valence-electron chi connectivity index (χ3n) is 1.11. The molecule has 0 saturated heterocycles. The third-order valence-corrected chi connectivity index (χ3v) is 1.66. The number of aliphatic hydroxyl groups excluding tert-OH is 1. The highest BCUT2D eigenvalue weighted by molar-refractivity contribution is 7.71. The molecule has 0 rings (SSSR count). The zero-order valence-electron chi connectivity index (χ0n) is 5.74. The summed E-state index contributed by atoms with van der Waals surface area (Å²) in [5.41, 5.74) is 0.645. The second-order valence-electron chi connectivity index (χ2n) is 2.03. The van der Waals surface area contributed by atoms with Gasteiger partial charge >= 0.3 is 0 Å². The van der Waals surface area contributed by atoms with Crippen molar-refractivity contribution in [1.82, 2.24) is 0 Å². The monoisotopic (exact) mass is 162 g/mol.